The van der Waals surface area contributed by atoms with Gasteiger partial charge in [0, 0.05) is 0 Å². The molecule has 0 aliphatic rings. The van der Waals surface area contributed by atoms with E-state index in [0.717, 1.165) is 11.1 Å². The fourth-order valence-electron chi connectivity index (χ4n) is 2.46. The van der Waals surface area contributed by atoms with Crippen LogP contribution >= 0.6 is 0 Å². The summed E-state index contributed by atoms with van der Waals surface area (Å²) in [4.78, 5) is 31.2. The van der Waals surface area contributed by atoms with Gasteiger partial charge >= 0.3 is 0 Å². The first-order chi connectivity index (χ1) is 15.1. The van der Waals surface area contributed by atoms with Crippen molar-refractivity contribution >= 4 is 24.2 Å². The van der Waals surface area contributed by atoms with Crippen molar-refractivity contribution in [3.63, 3.8) is 0 Å². The SMILES string of the molecule is COc1ccc(/C=N/NC(=O)c2nc[nH]c2C(=O)N/N=C/c2ccc(OC)cc2)cc1. The summed E-state index contributed by atoms with van der Waals surface area (Å²) in [5, 5.41) is 7.76. The lowest BCUT2D eigenvalue weighted by molar-refractivity contribution is 0.0915. The zero-order valence-electron chi connectivity index (χ0n) is 16.8. The number of hydrogen-bond acceptors (Lipinski definition) is 7. The molecule has 10 nitrogen and oxygen atoms in total. The lowest BCUT2D eigenvalue weighted by Gasteiger charge is -2.02. The Morgan fingerprint density at radius 2 is 1.32 bits per heavy atom. The Morgan fingerprint density at radius 3 is 1.81 bits per heavy atom. The van der Waals surface area contributed by atoms with Crippen molar-refractivity contribution in [2.75, 3.05) is 14.2 Å². The monoisotopic (exact) mass is 420 g/mol. The number of nitrogens with one attached hydrogen (secondary N) is 3. The molecular formula is C21H20N6O4. The summed E-state index contributed by atoms with van der Waals surface area (Å²) in [5.41, 5.74) is 6.06. The third-order valence-corrected chi connectivity index (χ3v) is 4.07. The van der Waals surface area contributed by atoms with Crippen LogP contribution in [0.4, 0.5) is 0 Å². The minimum absolute atomic E-state index is 0.0379. The summed E-state index contributed by atoms with van der Waals surface area (Å²) < 4.78 is 10.2. The predicted octanol–water partition coefficient (Wildman–Crippen LogP) is 1.95. The quantitative estimate of drug-likeness (QED) is 0.379. The van der Waals surface area contributed by atoms with Crippen LogP contribution in [0.5, 0.6) is 11.5 Å². The van der Waals surface area contributed by atoms with E-state index in [9.17, 15) is 9.59 Å². The number of aromatic nitrogens is 2. The third-order valence-electron chi connectivity index (χ3n) is 4.07. The van der Waals surface area contributed by atoms with Gasteiger partial charge in [-0.1, -0.05) is 0 Å². The fourth-order valence-corrected chi connectivity index (χ4v) is 2.46. The molecule has 3 rings (SSSR count). The number of carbonyl (C=O) groups is 2. The van der Waals surface area contributed by atoms with Gasteiger partial charge in [0.05, 0.1) is 33.0 Å². The van der Waals surface area contributed by atoms with Gasteiger partial charge in [-0.15, -0.1) is 0 Å². The standard InChI is InChI=1S/C21H20N6O4/c1-30-16-7-3-14(4-8-16)11-24-26-20(28)18-19(23-13-22-18)21(29)27-25-12-15-5-9-17(31-2)10-6-15/h3-13H,1-2H3,(H,22,23)(H,26,28)(H,27,29)/b24-11+,25-12+. The van der Waals surface area contributed by atoms with Crippen molar-refractivity contribution in [2.24, 2.45) is 10.2 Å². The predicted molar refractivity (Wildman–Crippen MR) is 115 cm³/mol. The maximum atomic E-state index is 12.3. The molecule has 31 heavy (non-hydrogen) atoms. The number of H-pyrrole nitrogens is 1. The number of aromatic amines is 1. The smallest absolute Gasteiger partial charge is 0.292 e. The number of hydrogen-bond donors (Lipinski definition) is 3. The van der Waals surface area contributed by atoms with Gasteiger partial charge in [-0.25, -0.2) is 15.8 Å². The van der Waals surface area contributed by atoms with Crippen LogP contribution < -0.4 is 20.3 Å². The van der Waals surface area contributed by atoms with Crippen LogP contribution in [-0.2, 0) is 0 Å². The van der Waals surface area contributed by atoms with Gasteiger partial charge in [-0.2, -0.15) is 10.2 Å². The van der Waals surface area contributed by atoms with Crippen LogP contribution in [-0.4, -0.2) is 48.4 Å². The van der Waals surface area contributed by atoms with Gasteiger partial charge in [0.1, 0.15) is 17.2 Å². The first-order valence-electron chi connectivity index (χ1n) is 9.09. The summed E-state index contributed by atoms with van der Waals surface area (Å²) >= 11 is 0. The zero-order valence-corrected chi connectivity index (χ0v) is 16.8. The number of imidazole rings is 1. The molecule has 0 aliphatic heterocycles. The number of benzene rings is 2. The molecular weight excluding hydrogens is 400 g/mol. The van der Waals surface area contributed by atoms with Crippen LogP contribution in [0.1, 0.15) is 32.1 Å². The van der Waals surface area contributed by atoms with Crippen molar-refractivity contribution in [1.29, 1.82) is 0 Å². The van der Waals surface area contributed by atoms with E-state index in [4.69, 9.17) is 9.47 Å². The van der Waals surface area contributed by atoms with Crippen molar-refractivity contribution in [1.82, 2.24) is 20.8 Å². The average Bonchev–Trinajstić information content (AvgIpc) is 3.30. The first-order valence-corrected chi connectivity index (χ1v) is 9.09. The van der Waals surface area contributed by atoms with Crippen LogP contribution in [0.25, 0.3) is 0 Å². The number of amides is 2. The highest BCUT2D eigenvalue weighted by molar-refractivity contribution is 6.05. The number of ether oxygens (including phenoxy) is 2. The molecule has 2 aromatic carbocycles. The second-order valence-electron chi connectivity index (χ2n) is 6.07. The van der Waals surface area contributed by atoms with Crippen molar-refractivity contribution in [2.45, 2.75) is 0 Å². The van der Waals surface area contributed by atoms with Gasteiger partial charge < -0.3 is 14.5 Å². The first kappa shape index (κ1) is 21.2. The van der Waals surface area contributed by atoms with Gasteiger partial charge in [0.15, 0.2) is 5.69 Å². The summed E-state index contributed by atoms with van der Waals surface area (Å²) in [6.07, 6.45) is 4.17. The molecule has 158 valence electrons. The molecule has 3 aromatic rings. The summed E-state index contributed by atoms with van der Waals surface area (Å²) in [5.74, 6) is 0.161. The van der Waals surface area contributed by atoms with Gasteiger partial charge in [0.25, 0.3) is 11.8 Å². The van der Waals surface area contributed by atoms with Crippen LogP contribution in [0.3, 0.4) is 0 Å². The van der Waals surface area contributed by atoms with E-state index in [0.29, 0.717) is 11.5 Å². The molecule has 1 aromatic heterocycles. The molecule has 0 fully saturated rings. The van der Waals surface area contributed by atoms with E-state index in [1.807, 2.05) is 0 Å². The normalized spacial score (nSPS) is 10.9. The van der Waals surface area contributed by atoms with Crippen molar-refractivity contribution < 1.29 is 19.1 Å². The minimum atomic E-state index is -0.643. The van der Waals surface area contributed by atoms with E-state index in [-0.39, 0.29) is 11.4 Å². The Morgan fingerprint density at radius 1 is 0.839 bits per heavy atom. The fraction of sp³-hybridized carbons (Fsp3) is 0.0952. The number of methoxy groups -OCH3 is 2. The molecule has 0 unspecified atom stereocenters. The maximum Gasteiger partial charge on any atom is 0.292 e. The van der Waals surface area contributed by atoms with Crippen molar-refractivity contribution in [3.8, 4) is 11.5 Å². The molecule has 1 heterocycles. The van der Waals surface area contributed by atoms with Crippen LogP contribution in [0, 0.1) is 0 Å². The second kappa shape index (κ2) is 10.3. The molecule has 0 saturated carbocycles. The molecule has 0 bridgehead atoms. The minimum Gasteiger partial charge on any atom is -0.497 e. The Balaban J connectivity index is 1.58. The van der Waals surface area contributed by atoms with Gasteiger partial charge in [0.2, 0.25) is 0 Å². The summed E-state index contributed by atoms with van der Waals surface area (Å²) in [6.45, 7) is 0. The Kier molecular flexibility index (Phi) is 7.09. The molecule has 2 amide bonds. The topological polar surface area (TPSA) is 130 Å². The summed E-state index contributed by atoms with van der Waals surface area (Å²) in [7, 11) is 3.15. The van der Waals surface area contributed by atoms with E-state index in [2.05, 4.69) is 31.0 Å². The number of hydrazone groups is 2. The highest BCUT2D eigenvalue weighted by atomic mass is 16.5. The van der Waals surface area contributed by atoms with Crippen LogP contribution in [0.15, 0.2) is 65.1 Å². The Hall–Kier alpha value is -4.47. The molecule has 0 radical (unpaired) electrons. The van der Waals surface area contributed by atoms with E-state index in [1.54, 1.807) is 62.8 Å². The third kappa shape index (κ3) is 5.76. The Bertz CT molecular complexity index is 1000. The number of nitrogens with zero attached hydrogens (tertiary/aromatic N) is 3. The number of rotatable bonds is 8. The molecule has 0 atom stereocenters. The lowest BCUT2D eigenvalue weighted by Crippen LogP contribution is -2.25. The van der Waals surface area contributed by atoms with Gasteiger partial charge in [-0.3, -0.25) is 9.59 Å². The Labute approximate surface area is 178 Å². The highest BCUT2D eigenvalue weighted by Gasteiger charge is 2.19. The number of carbonyl (C=O) groups excluding carboxylic acids is 2. The summed E-state index contributed by atoms with van der Waals surface area (Å²) in [6, 6.07) is 14.2. The molecule has 10 heteroatoms. The largest absolute Gasteiger partial charge is 0.497 e. The van der Waals surface area contributed by atoms with Crippen molar-refractivity contribution in [3.05, 3.63) is 77.4 Å². The van der Waals surface area contributed by atoms with Crippen LogP contribution in [0.2, 0.25) is 0 Å². The maximum absolute atomic E-state index is 12.3. The lowest BCUT2D eigenvalue weighted by atomic mass is 10.2. The van der Waals surface area contributed by atoms with Gasteiger partial charge in [-0.05, 0) is 59.7 Å². The molecule has 0 spiro atoms. The molecule has 3 N–H and O–H groups in total. The second-order valence-corrected chi connectivity index (χ2v) is 6.07. The highest BCUT2D eigenvalue weighted by Crippen LogP contribution is 2.10. The molecule has 0 saturated heterocycles. The average molecular weight is 420 g/mol. The van der Waals surface area contributed by atoms with E-state index in [1.165, 1.54) is 18.8 Å². The molecule has 0 aliphatic carbocycles. The van der Waals surface area contributed by atoms with E-state index < -0.39 is 11.8 Å². The zero-order chi connectivity index (χ0) is 22.1. The van der Waals surface area contributed by atoms with E-state index >= 15 is 0 Å².